The number of amides is 2. The standard InChI is InChI=1S/C30H33N3O2/c1-21(2)33-28(26-10-6-7-11-27(26)30(33)35)31-25-14-12-24(13-15-25)29(34)32-18-16-23(17-19-32)20-22-8-4-3-5-9-22/h3-15,21,23,28,31H,16-20H2,1-2H3. The predicted octanol–water partition coefficient (Wildman–Crippen LogP) is 5.76. The normalized spacial score (nSPS) is 18.1. The van der Waals surface area contributed by atoms with Gasteiger partial charge in [0.15, 0.2) is 0 Å². The first-order chi connectivity index (χ1) is 17.0. The monoisotopic (exact) mass is 467 g/mol. The van der Waals surface area contributed by atoms with Gasteiger partial charge in [-0.2, -0.15) is 0 Å². The van der Waals surface area contributed by atoms with E-state index in [2.05, 4.69) is 35.6 Å². The Kier molecular flexibility index (Phi) is 6.58. The third-order valence-electron chi connectivity index (χ3n) is 7.26. The lowest BCUT2D eigenvalue weighted by molar-refractivity contribution is 0.0680. The Morgan fingerprint density at radius 3 is 2.26 bits per heavy atom. The summed E-state index contributed by atoms with van der Waals surface area (Å²) in [6.45, 7) is 5.67. The van der Waals surface area contributed by atoms with E-state index in [1.54, 1.807) is 0 Å². The van der Waals surface area contributed by atoms with E-state index in [1.165, 1.54) is 5.56 Å². The molecule has 0 bridgehead atoms. The van der Waals surface area contributed by atoms with Crippen LogP contribution in [0.15, 0.2) is 78.9 Å². The zero-order valence-electron chi connectivity index (χ0n) is 20.5. The molecule has 35 heavy (non-hydrogen) atoms. The molecule has 2 aliphatic rings. The lowest BCUT2D eigenvalue weighted by Gasteiger charge is -2.32. The number of anilines is 1. The highest BCUT2D eigenvalue weighted by atomic mass is 16.2. The summed E-state index contributed by atoms with van der Waals surface area (Å²) in [5, 5.41) is 3.51. The number of piperidine rings is 1. The lowest BCUT2D eigenvalue weighted by atomic mass is 9.90. The fourth-order valence-electron chi connectivity index (χ4n) is 5.35. The SMILES string of the molecule is CC(C)N1C(=O)c2ccccc2C1Nc1ccc(C(=O)N2CCC(Cc3ccccc3)CC2)cc1. The summed E-state index contributed by atoms with van der Waals surface area (Å²) < 4.78 is 0. The number of hydrogen-bond donors (Lipinski definition) is 1. The van der Waals surface area contributed by atoms with Crippen molar-refractivity contribution < 1.29 is 9.59 Å². The zero-order valence-corrected chi connectivity index (χ0v) is 20.5. The molecule has 3 aromatic carbocycles. The van der Waals surface area contributed by atoms with Crippen molar-refractivity contribution in [3.8, 4) is 0 Å². The highest BCUT2D eigenvalue weighted by Crippen LogP contribution is 2.35. The topological polar surface area (TPSA) is 52.7 Å². The molecule has 1 fully saturated rings. The molecule has 0 spiro atoms. The van der Waals surface area contributed by atoms with Crippen molar-refractivity contribution in [1.29, 1.82) is 0 Å². The molecule has 1 N–H and O–H groups in total. The van der Waals surface area contributed by atoms with Gasteiger partial charge in [-0.25, -0.2) is 0 Å². The summed E-state index contributed by atoms with van der Waals surface area (Å²) >= 11 is 0. The van der Waals surface area contributed by atoms with Crippen molar-refractivity contribution in [2.75, 3.05) is 18.4 Å². The minimum absolute atomic E-state index is 0.0514. The molecule has 5 heteroatoms. The van der Waals surface area contributed by atoms with Gasteiger partial charge in [-0.1, -0.05) is 48.5 Å². The number of benzene rings is 3. The Hall–Kier alpha value is -3.60. The molecule has 2 heterocycles. The van der Waals surface area contributed by atoms with Crippen molar-refractivity contribution in [3.05, 3.63) is 101 Å². The second-order valence-corrected chi connectivity index (χ2v) is 9.94. The molecule has 2 amide bonds. The highest BCUT2D eigenvalue weighted by molar-refractivity contribution is 5.99. The van der Waals surface area contributed by atoms with Crippen molar-refractivity contribution >= 4 is 17.5 Å². The van der Waals surface area contributed by atoms with Crippen LogP contribution in [0.3, 0.4) is 0 Å². The van der Waals surface area contributed by atoms with Crippen LogP contribution in [0.1, 0.15) is 64.7 Å². The van der Waals surface area contributed by atoms with Crippen LogP contribution in [0.5, 0.6) is 0 Å². The fourth-order valence-corrected chi connectivity index (χ4v) is 5.35. The molecule has 180 valence electrons. The Morgan fingerprint density at radius 1 is 0.914 bits per heavy atom. The van der Waals surface area contributed by atoms with E-state index in [0.717, 1.165) is 49.2 Å². The minimum atomic E-state index is -0.219. The smallest absolute Gasteiger partial charge is 0.256 e. The molecule has 0 saturated carbocycles. The molecule has 5 nitrogen and oxygen atoms in total. The summed E-state index contributed by atoms with van der Waals surface area (Å²) in [5.74, 6) is 0.782. The Balaban J connectivity index is 1.21. The van der Waals surface area contributed by atoms with Gasteiger partial charge >= 0.3 is 0 Å². The third kappa shape index (κ3) is 4.81. The predicted molar refractivity (Wildman–Crippen MR) is 139 cm³/mol. The quantitative estimate of drug-likeness (QED) is 0.502. The number of nitrogens with zero attached hydrogens (tertiary/aromatic N) is 2. The first kappa shape index (κ1) is 23.2. The summed E-state index contributed by atoms with van der Waals surface area (Å²) in [7, 11) is 0. The molecule has 0 aromatic heterocycles. The van der Waals surface area contributed by atoms with E-state index in [9.17, 15) is 9.59 Å². The fraction of sp³-hybridized carbons (Fsp3) is 0.333. The van der Waals surface area contributed by atoms with Crippen molar-refractivity contribution in [1.82, 2.24) is 9.80 Å². The Bertz CT molecular complexity index is 1180. The Labute approximate surface area is 207 Å². The summed E-state index contributed by atoms with van der Waals surface area (Å²) in [6, 6.07) is 26.1. The van der Waals surface area contributed by atoms with E-state index in [-0.39, 0.29) is 24.0 Å². The molecule has 5 rings (SSSR count). The molecule has 0 radical (unpaired) electrons. The van der Waals surface area contributed by atoms with Gasteiger partial charge in [0.25, 0.3) is 11.8 Å². The largest absolute Gasteiger partial charge is 0.361 e. The zero-order chi connectivity index (χ0) is 24.4. The first-order valence-electron chi connectivity index (χ1n) is 12.6. The van der Waals surface area contributed by atoms with Crippen LogP contribution in [0.2, 0.25) is 0 Å². The third-order valence-corrected chi connectivity index (χ3v) is 7.26. The van der Waals surface area contributed by atoms with Crippen molar-refractivity contribution in [3.63, 3.8) is 0 Å². The molecule has 2 aliphatic heterocycles. The molecule has 3 aromatic rings. The van der Waals surface area contributed by atoms with Gasteiger partial charge in [0.1, 0.15) is 6.17 Å². The van der Waals surface area contributed by atoms with Crippen LogP contribution in [0.25, 0.3) is 0 Å². The molecule has 1 saturated heterocycles. The summed E-state index contributed by atoms with van der Waals surface area (Å²) in [6.07, 6.45) is 2.95. The van der Waals surface area contributed by atoms with Crippen LogP contribution in [-0.2, 0) is 6.42 Å². The number of carbonyl (C=O) groups excluding carboxylic acids is 2. The van der Waals surface area contributed by atoms with Gasteiger partial charge in [0, 0.05) is 41.5 Å². The van der Waals surface area contributed by atoms with Gasteiger partial charge in [-0.15, -0.1) is 0 Å². The molecule has 1 unspecified atom stereocenters. The van der Waals surface area contributed by atoms with E-state index in [0.29, 0.717) is 11.5 Å². The van der Waals surface area contributed by atoms with Gasteiger partial charge in [-0.05, 0) is 74.9 Å². The molecular weight excluding hydrogens is 434 g/mol. The average molecular weight is 468 g/mol. The van der Waals surface area contributed by atoms with E-state index in [1.807, 2.05) is 72.2 Å². The van der Waals surface area contributed by atoms with Gasteiger partial charge < -0.3 is 15.1 Å². The molecule has 1 atom stereocenters. The minimum Gasteiger partial charge on any atom is -0.361 e. The van der Waals surface area contributed by atoms with Crippen LogP contribution >= 0.6 is 0 Å². The van der Waals surface area contributed by atoms with Crippen molar-refractivity contribution in [2.24, 2.45) is 5.92 Å². The maximum atomic E-state index is 13.1. The number of nitrogens with one attached hydrogen (secondary N) is 1. The maximum absolute atomic E-state index is 13.1. The maximum Gasteiger partial charge on any atom is 0.256 e. The molecule has 0 aliphatic carbocycles. The second-order valence-electron chi connectivity index (χ2n) is 9.94. The van der Waals surface area contributed by atoms with Crippen LogP contribution < -0.4 is 5.32 Å². The van der Waals surface area contributed by atoms with Gasteiger partial charge in [-0.3, -0.25) is 9.59 Å². The van der Waals surface area contributed by atoms with E-state index < -0.39 is 0 Å². The lowest BCUT2D eigenvalue weighted by Crippen LogP contribution is -2.39. The van der Waals surface area contributed by atoms with Crippen LogP contribution in [-0.4, -0.2) is 40.7 Å². The highest BCUT2D eigenvalue weighted by Gasteiger charge is 2.37. The van der Waals surface area contributed by atoms with Crippen LogP contribution in [0, 0.1) is 5.92 Å². The average Bonchev–Trinajstić information content (AvgIpc) is 3.17. The van der Waals surface area contributed by atoms with E-state index in [4.69, 9.17) is 0 Å². The van der Waals surface area contributed by atoms with E-state index >= 15 is 0 Å². The number of hydrogen-bond acceptors (Lipinski definition) is 3. The number of likely N-dealkylation sites (tertiary alicyclic amines) is 1. The summed E-state index contributed by atoms with van der Waals surface area (Å²) in [4.78, 5) is 29.9. The number of carbonyl (C=O) groups is 2. The number of fused-ring (bicyclic) bond motifs is 1. The van der Waals surface area contributed by atoms with Gasteiger partial charge in [0.05, 0.1) is 0 Å². The Morgan fingerprint density at radius 2 is 1.57 bits per heavy atom. The number of rotatable bonds is 6. The first-order valence-corrected chi connectivity index (χ1v) is 12.6. The second kappa shape index (κ2) is 9.95. The van der Waals surface area contributed by atoms with Crippen LogP contribution in [0.4, 0.5) is 5.69 Å². The summed E-state index contributed by atoms with van der Waals surface area (Å²) in [5.41, 5.74) is 4.72. The van der Waals surface area contributed by atoms with Gasteiger partial charge in [0.2, 0.25) is 0 Å². The molecular formula is C30H33N3O2. The van der Waals surface area contributed by atoms with Crippen molar-refractivity contribution in [2.45, 2.75) is 45.3 Å².